The minimum Gasteiger partial charge on any atom is -0.295 e. The summed E-state index contributed by atoms with van der Waals surface area (Å²) in [6.07, 6.45) is 0. The Morgan fingerprint density at radius 1 is 1.12 bits per heavy atom. The number of hydrogen-bond donors (Lipinski definition) is 0. The van der Waals surface area contributed by atoms with Gasteiger partial charge in [-0.25, -0.2) is 0 Å². The molecule has 1 aromatic heterocycles. The molecule has 0 radical (unpaired) electrons. The summed E-state index contributed by atoms with van der Waals surface area (Å²) in [5, 5.41) is 0. The number of benzene rings is 1. The Hall–Kier alpha value is -1.96. The second-order valence-corrected chi connectivity index (χ2v) is 4.25. The van der Waals surface area contributed by atoms with E-state index in [1.165, 1.54) is 5.56 Å². The molecule has 0 unspecified atom stereocenters. The van der Waals surface area contributed by atoms with Gasteiger partial charge >= 0.3 is 0 Å². The number of Topliss-reactive ketones (excluding diaryl/α,β-unsaturated/α-hetero) is 1. The molecule has 86 valence electrons. The van der Waals surface area contributed by atoms with Gasteiger partial charge in [-0.2, -0.15) is 0 Å². The molecule has 0 amide bonds. The van der Waals surface area contributed by atoms with Crippen molar-refractivity contribution in [3.8, 4) is 11.3 Å². The van der Waals surface area contributed by atoms with Crippen molar-refractivity contribution in [1.29, 1.82) is 0 Å². The molecule has 0 atom stereocenters. The molecule has 0 saturated heterocycles. The molecular weight excluding hydrogens is 210 g/mol. The second-order valence-electron chi connectivity index (χ2n) is 4.25. The van der Waals surface area contributed by atoms with Crippen LogP contribution in [0.3, 0.4) is 0 Å². The zero-order valence-electron chi connectivity index (χ0n) is 10.3. The van der Waals surface area contributed by atoms with Gasteiger partial charge in [0.1, 0.15) is 0 Å². The Balaban J connectivity index is 2.60. The summed E-state index contributed by atoms with van der Waals surface area (Å²) in [4.78, 5) is 15.9. The van der Waals surface area contributed by atoms with Gasteiger partial charge in [-0.15, -0.1) is 0 Å². The van der Waals surface area contributed by atoms with E-state index in [1.807, 2.05) is 50.2 Å². The highest BCUT2D eigenvalue weighted by Gasteiger charge is 2.07. The summed E-state index contributed by atoms with van der Waals surface area (Å²) in [6.45, 7) is 5.54. The van der Waals surface area contributed by atoms with E-state index in [1.54, 1.807) is 6.92 Å². The highest BCUT2D eigenvalue weighted by molar-refractivity contribution is 5.95. The molecule has 0 aliphatic carbocycles. The lowest BCUT2D eigenvalue weighted by Gasteiger charge is -2.07. The first kappa shape index (κ1) is 11.5. The van der Waals surface area contributed by atoms with Crippen molar-refractivity contribution in [3.63, 3.8) is 0 Å². The van der Waals surface area contributed by atoms with Gasteiger partial charge in [0.2, 0.25) is 0 Å². The number of aromatic nitrogens is 1. The number of hydrogen-bond acceptors (Lipinski definition) is 2. The number of ketones is 1. The van der Waals surface area contributed by atoms with Crippen LogP contribution in [0.25, 0.3) is 11.3 Å². The lowest BCUT2D eigenvalue weighted by molar-refractivity contribution is 0.101. The van der Waals surface area contributed by atoms with Crippen molar-refractivity contribution >= 4 is 5.78 Å². The monoisotopic (exact) mass is 225 g/mol. The predicted molar refractivity (Wildman–Crippen MR) is 69.2 cm³/mol. The van der Waals surface area contributed by atoms with Gasteiger partial charge in [-0.05, 0) is 38.5 Å². The zero-order valence-corrected chi connectivity index (χ0v) is 10.3. The Bertz CT molecular complexity index is 573. The smallest absolute Gasteiger partial charge is 0.159 e. The Morgan fingerprint density at radius 3 is 2.47 bits per heavy atom. The molecular formula is C15H15NO. The molecule has 2 nitrogen and oxygen atoms in total. The Morgan fingerprint density at radius 2 is 1.82 bits per heavy atom. The molecule has 1 aromatic carbocycles. The molecule has 2 heteroatoms. The quantitative estimate of drug-likeness (QED) is 0.731. The van der Waals surface area contributed by atoms with Crippen LogP contribution >= 0.6 is 0 Å². The van der Waals surface area contributed by atoms with Gasteiger partial charge in [-0.1, -0.05) is 24.3 Å². The topological polar surface area (TPSA) is 30.0 Å². The Kier molecular flexibility index (Phi) is 3.05. The van der Waals surface area contributed by atoms with E-state index in [0.29, 0.717) is 0 Å². The third-order valence-electron chi connectivity index (χ3n) is 2.78. The molecule has 17 heavy (non-hydrogen) atoms. The van der Waals surface area contributed by atoms with Crippen LogP contribution in [-0.4, -0.2) is 10.8 Å². The van der Waals surface area contributed by atoms with Crippen LogP contribution in [-0.2, 0) is 0 Å². The van der Waals surface area contributed by atoms with Crippen LogP contribution < -0.4 is 0 Å². The standard InChI is InChI=1S/C15H15NO/c1-10-6-4-5-7-14(10)15-9-13(12(3)17)8-11(2)16-15/h4-9H,1-3H3. The van der Waals surface area contributed by atoms with Gasteiger partial charge in [0.15, 0.2) is 5.78 Å². The molecule has 1 heterocycles. The van der Waals surface area contributed by atoms with E-state index in [4.69, 9.17) is 0 Å². The SMILES string of the molecule is CC(=O)c1cc(C)nc(-c2ccccc2C)c1. The van der Waals surface area contributed by atoms with Gasteiger partial charge in [-0.3, -0.25) is 9.78 Å². The van der Waals surface area contributed by atoms with Crippen molar-refractivity contribution in [1.82, 2.24) is 4.98 Å². The number of pyridine rings is 1. The molecule has 0 aliphatic rings. The molecule has 2 aromatic rings. The fourth-order valence-corrected chi connectivity index (χ4v) is 1.87. The first-order valence-corrected chi connectivity index (χ1v) is 5.63. The van der Waals surface area contributed by atoms with Crippen LogP contribution in [0.5, 0.6) is 0 Å². The van der Waals surface area contributed by atoms with Crippen molar-refractivity contribution in [2.24, 2.45) is 0 Å². The van der Waals surface area contributed by atoms with Crippen LogP contribution in [0, 0.1) is 13.8 Å². The lowest BCUT2D eigenvalue weighted by Crippen LogP contribution is -1.97. The van der Waals surface area contributed by atoms with E-state index in [0.717, 1.165) is 22.5 Å². The van der Waals surface area contributed by atoms with Crippen molar-refractivity contribution in [2.75, 3.05) is 0 Å². The Labute approximate surface area is 101 Å². The minimum absolute atomic E-state index is 0.0744. The second kappa shape index (κ2) is 4.50. The van der Waals surface area contributed by atoms with Crippen molar-refractivity contribution < 1.29 is 4.79 Å². The number of carbonyl (C=O) groups excluding carboxylic acids is 1. The minimum atomic E-state index is 0.0744. The third kappa shape index (κ3) is 2.41. The molecule has 0 N–H and O–H groups in total. The van der Waals surface area contributed by atoms with Crippen LogP contribution in [0.4, 0.5) is 0 Å². The third-order valence-corrected chi connectivity index (χ3v) is 2.78. The van der Waals surface area contributed by atoms with Crippen molar-refractivity contribution in [2.45, 2.75) is 20.8 Å². The van der Waals surface area contributed by atoms with E-state index in [-0.39, 0.29) is 5.78 Å². The summed E-state index contributed by atoms with van der Waals surface area (Å²) in [6, 6.07) is 11.7. The molecule has 0 fully saturated rings. The average Bonchev–Trinajstić information content (AvgIpc) is 2.28. The van der Waals surface area contributed by atoms with Gasteiger partial charge in [0, 0.05) is 16.8 Å². The summed E-state index contributed by atoms with van der Waals surface area (Å²) >= 11 is 0. The first-order chi connectivity index (χ1) is 8.08. The normalized spacial score (nSPS) is 10.3. The molecule has 0 spiro atoms. The van der Waals surface area contributed by atoms with Crippen molar-refractivity contribution in [3.05, 3.63) is 53.2 Å². The van der Waals surface area contributed by atoms with E-state index in [2.05, 4.69) is 4.98 Å². The maximum Gasteiger partial charge on any atom is 0.159 e. The number of rotatable bonds is 2. The summed E-state index contributed by atoms with van der Waals surface area (Å²) in [5.74, 6) is 0.0744. The molecule has 0 bridgehead atoms. The fourth-order valence-electron chi connectivity index (χ4n) is 1.87. The van der Waals surface area contributed by atoms with E-state index < -0.39 is 0 Å². The largest absolute Gasteiger partial charge is 0.295 e. The van der Waals surface area contributed by atoms with Gasteiger partial charge in [0.25, 0.3) is 0 Å². The number of nitrogens with zero attached hydrogens (tertiary/aromatic N) is 1. The molecule has 0 aliphatic heterocycles. The summed E-state index contributed by atoms with van der Waals surface area (Å²) < 4.78 is 0. The maximum atomic E-state index is 11.4. The fraction of sp³-hybridized carbons (Fsp3) is 0.200. The lowest BCUT2D eigenvalue weighted by atomic mass is 10.0. The summed E-state index contributed by atoms with van der Waals surface area (Å²) in [7, 11) is 0. The molecule has 2 rings (SSSR count). The maximum absolute atomic E-state index is 11.4. The van der Waals surface area contributed by atoms with Gasteiger partial charge in [0.05, 0.1) is 5.69 Å². The predicted octanol–water partition coefficient (Wildman–Crippen LogP) is 3.57. The van der Waals surface area contributed by atoms with Crippen LogP contribution in [0.2, 0.25) is 0 Å². The van der Waals surface area contributed by atoms with Crippen LogP contribution in [0.15, 0.2) is 36.4 Å². The number of carbonyl (C=O) groups is 1. The average molecular weight is 225 g/mol. The van der Waals surface area contributed by atoms with Gasteiger partial charge < -0.3 is 0 Å². The zero-order chi connectivity index (χ0) is 12.4. The first-order valence-electron chi connectivity index (χ1n) is 5.63. The number of aryl methyl sites for hydroxylation is 2. The summed E-state index contributed by atoms with van der Waals surface area (Å²) in [5.41, 5.74) is 4.71. The van der Waals surface area contributed by atoms with E-state index in [9.17, 15) is 4.79 Å². The molecule has 0 saturated carbocycles. The highest BCUT2D eigenvalue weighted by Crippen LogP contribution is 2.22. The van der Waals surface area contributed by atoms with Crippen LogP contribution in [0.1, 0.15) is 28.5 Å². The highest BCUT2D eigenvalue weighted by atomic mass is 16.1. The van der Waals surface area contributed by atoms with E-state index >= 15 is 0 Å².